The predicted octanol–water partition coefficient (Wildman–Crippen LogP) is 4.85. The average molecular weight is 362 g/mol. The van der Waals surface area contributed by atoms with Gasteiger partial charge in [0.15, 0.2) is 0 Å². The maximum absolute atomic E-state index is 12.4. The van der Waals surface area contributed by atoms with Crippen LogP contribution in [0, 0.1) is 23.2 Å². The molecule has 0 aromatic carbocycles. The van der Waals surface area contributed by atoms with Crippen LogP contribution in [0.25, 0.3) is 0 Å². The molecule has 26 heavy (non-hydrogen) atoms. The summed E-state index contributed by atoms with van der Waals surface area (Å²) in [5, 5.41) is 3.07. The summed E-state index contributed by atoms with van der Waals surface area (Å²) in [6.45, 7) is 9.86. The Labute approximate surface area is 158 Å². The number of ether oxygens (including phenoxy) is 2. The number of fused-ring (bicyclic) bond motifs is 2. The van der Waals surface area contributed by atoms with Crippen LogP contribution in [-0.4, -0.2) is 31.5 Å². The number of carbonyl (C=O) groups excluding carboxylic acids is 1. The molecule has 0 radical (unpaired) electrons. The molecular weight excluding hydrogens is 326 g/mol. The zero-order valence-corrected chi connectivity index (χ0v) is 16.8. The van der Waals surface area contributed by atoms with Crippen LogP contribution in [-0.2, 0) is 9.47 Å². The van der Waals surface area contributed by atoms with Crippen molar-refractivity contribution in [2.45, 2.75) is 71.9 Å². The third kappa shape index (κ3) is 3.71. The number of hydrogen-bond donors (Lipinski definition) is 1. The topological polar surface area (TPSA) is 47.6 Å². The van der Waals surface area contributed by atoms with Crippen molar-refractivity contribution < 1.29 is 14.3 Å². The van der Waals surface area contributed by atoms with Crippen molar-refractivity contribution in [2.75, 3.05) is 13.2 Å². The lowest BCUT2D eigenvalue weighted by atomic mass is 9.56. The van der Waals surface area contributed by atoms with Gasteiger partial charge >= 0.3 is 6.09 Å². The molecule has 1 saturated carbocycles. The molecule has 1 amide bonds. The van der Waals surface area contributed by atoms with E-state index in [4.69, 9.17) is 9.47 Å². The summed E-state index contributed by atoms with van der Waals surface area (Å²) in [7, 11) is 0. The van der Waals surface area contributed by atoms with Gasteiger partial charge in [-0.15, -0.1) is 0 Å². The number of nitrogens with one attached hydrogen (secondary N) is 1. The van der Waals surface area contributed by atoms with Gasteiger partial charge in [0.05, 0.1) is 12.7 Å². The molecule has 5 atom stereocenters. The molecule has 0 spiro atoms. The highest BCUT2D eigenvalue weighted by Crippen LogP contribution is 2.52. The van der Waals surface area contributed by atoms with E-state index >= 15 is 0 Å². The van der Waals surface area contributed by atoms with Gasteiger partial charge in [0.1, 0.15) is 6.61 Å². The summed E-state index contributed by atoms with van der Waals surface area (Å²) < 4.78 is 12.0. The smallest absolute Gasteiger partial charge is 0.407 e. The summed E-state index contributed by atoms with van der Waals surface area (Å²) in [4.78, 5) is 12.4. The first-order valence-electron chi connectivity index (χ1n) is 10.3. The van der Waals surface area contributed by atoms with Crippen LogP contribution in [0.15, 0.2) is 23.8 Å². The minimum atomic E-state index is -0.260. The van der Waals surface area contributed by atoms with Crippen LogP contribution in [0.5, 0.6) is 0 Å². The van der Waals surface area contributed by atoms with E-state index in [0.29, 0.717) is 31.0 Å². The second-order valence-corrected chi connectivity index (χ2v) is 8.60. The Balaban J connectivity index is 1.66. The fourth-order valence-electron chi connectivity index (χ4n) is 5.32. The van der Waals surface area contributed by atoms with Gasteiger partial charge in [-0.3, -0.25) is 0 Å². The Morgan fingerprint density at radius 1 is 1.35 bits per heavy atom. The molecule has 2 bridgehead atoms. The minimum absolute atomic E-state index is 0.128. The summed E-state index contributed by atoms with van der Waals surface area (Å²) in [5.74, 6) is 1.11. The molecule has 4 heteroatoms. The highest BCUT2D eigenvalue weighted by Gasteiger charge is 2.53. The Bertz CT molecular complexity index is 564. The van der Waals surface area contributed by atoms with Crippen molar-refractivity contribution in [3.63, 3.8) is 0 Å². The van der Waals surface area contributed by atoms with Crippen LogP contribution in [0.4, 0.5) is 4.79 Å². The fraction of sp³-hybridized carbons (Fsp3) is 0.773. The van der Waals surface area contributed by atoms with Gasteiger partial charge in [-0.25, -0.2) is 4.79 Å². The number of allylic oxidation sites excluding steroid dienone is 2. The van der Waals surface area contributed by atoms with Gasteiger partial charge in [-0.05, 0) is 38.5 Å². The Hall–Kier alpha value is -1.29. The van der Waals surface area contributed by atoms with Gasteiger partial charge in [0.25, 0.3) is 0 Å². The lowest BCUT2D eigenvalue weighted by molar-refractivity contribution is -0.149. The van der Waals surface area contributed by atoms with E-state index in [2.05, 4.69) is 44.3 Å². The first kappa shape index (κ1) is 19.5. The van der Waals surface area contributed by atoms with Crippen LogP contribution >= 0.6 is 0 Å². The molecule has 146 valence electrons. The van der Waals surface area contributed by atoms with Crippen LogP contribution in [0.2, 0.25) is 0 Å². The van der Waals surface area contributed by atoms with E-state index in [-0.39, 0.29) is 23.7 Å². The second kappa shape index (κ2) is 8.16. The SMILES string of the molecule is CC=CC1OCC2(COC(=O)NC3CCCCC3)C(C)C=C(C)C1C2C. The zero-order chi connectivity index (χ0) is 18.7. The molecule has 2 aliphatic carbocycles. The van der Waals surface area contributed by atoms with Crippen molar-refractivity contribution in [3.05, 3.63) is 23.8 Å². The highest BCUT2D eigenvalue weighted by molar-refractivity contribution is 5.67. The van der Waals surface area contributed by atoms with Crippen molar-refractivity contribution >= 4 is 6.09 Å². The zero-order valence-electron chi connectivity index (χ0n) is 16.8. The van der Waals surface area contributed by atoms with Crippen LogP contribution in [0.1, 0.15) is 59.8 Å². The van der Waals surface area contributed by atoms with Crippen molar-refractivity contribution in [2.24, 2.45) is 23.2 Å². The molecule has 3 rings (SSSR count). The van der Waals surface area contributed by atoms with E-state index in [1.807, 2.05) is 6.92 Å². The Kier molecular flexibility index (Phi) is 6.11. The van der Waals surface area contributed by atoms with Crippen LogP contribution < -0.4 is 5.32 Å². The first-order chi connectivity index (χ1) is 12.5. The molecule has 2 fully saturated rings. The number of amides is 1. The summed E-state index contributed by atoms with van der Waals surface area (Å²) in [5.41, 5.74) is 1.27. The molecule has 1 aliphatic heterocycles. The van der Waals surface area contributed by atoms with E-state index in [9.17, 15) is 4.79 Å². The van der Waals surface area contributed by atoms with Crippen molar-refractivity contribution in [3.8, 4) is 0 Å². The summed E-state index contributed by atoms with van der Waals surface area (Å²) in [6, 6.07) is 0.284. The maximum atomic E-state index is 12.4. The third-order valence-electron chi connectivity index (χ3n) is 7.07. The molecule has 0 aromatic heterocycles. The molecule has 1 saturated heterocycles. The van der Waals surface area contributed by atoms with E-state index in [1.165, 1.54) is 24.8 Å². The summed E-state index contributed by atoms with van der Waals surface area (Å²) >= 11 is 0. The standard InChI is InChI=1S/C22H35NO3/c1-5-9-19-20-15(2)12-16(3)22(13-25-19,17(20)4)14-26-21(24)23-18-10-7-6-8-11-18/h5,9,12,16-20H,6-8,10-11,13-14H2,1-4H3,(H,23,24). The number of hydrogen-bond acceptors (Lipinski definition) is 3. The van der Waals surface area contributed by atoms with E-state index < -0.39 is 0 Å². The van der Waals surface area contributed by atoms with Crippen LogP contribution in [0.3, 0.4) is 0 Å². The van der Waals surface area contributed by atoms with Gasteiger partial charge in [-0.1, -0.05) is 56.9 Å². The van der Waals surface area contributed by atoms with E-state index in [1.54, 1.807) is 0 Å². The number of alkyl carbamates (subject to hydrolysis) is 1. The molecule has 3 aliphatic rings. The maximum Gasteiger partial charge on any atom is 0.407 e. The highest BCUT2D eigenvalue weighted by atomic mass is 16.6. The normalized spacial score (nSPS) is 38.1. The average Bonchev–Trinajstić information content (AvgIpc) is 2.61. The largest absolute Gasteiger partial charge is 0.449 e. The molecule has 4 nitrogen and oxygen atoms in total. The molecule has 1 N–H and O–H groups in total. The molecular formula is C22H35NO3. The lowest BCUT2D eigenvalue weighted by Crippen LogP contribution is -2.56. The fourth-order valence-corrected chi connectivity index (χ4v) is 5.32. The summed E-state index contributed by atoms with van der Waals surface area (Å²) in [6.07, 6.45) is 12.3. The van der Waals surface area contributed by atoms with Gasteiger partial charge in [-0.2, -0.15) is 0 Å². The molecule has 1 heterocycles. The first-order valence-corrected chi connectivity index (χ1v) is 10.3. The quantitative estimate of drug-likeness (QED) is 0.728. The van der Waals surface area contributed by atoms with Gasteiger partial charge < -0.3 is 14.8 Å². The van der Waals surface area contributed by atoms with Crippen molar-refractivity contribution in [1.29, 1.82) is 0 Å². The second-order valence-electron chi connectivity index (χ2n) is 8.60. The lowest BCUT2D eigenvalue weighted by Gasteiger charge is -2.54. The predicted molar refractivity (Wildman–Crippen MR) is 104 cm³/mol. The van der Waals surface area contributed by atoms with Gasteiger partial charge in [0.2, 0.25) is 0 Å². The number of carbonyl (C=O) groups is 1. The van der Waals surface area contributed by atoms with Crippen molar-refractivity contribution in [1.82, 2.24) is 5.32 Å². The minimum Gasteiger partial charge on any atom is -0.449 e. The Morgan fingerprint density at radius 2 is 2.08 bits per heavy atom. The van der Waals surface area contributed by atoms with Gasteiger partial charge in [0, 0.05) is 17.4 Å². The monoisotopic (exact) mass is 361 g/mol. The molecule has 5 unspecified atom stereocenters. The van der Waals surface area contributed by atoms with E-state index in [0.717, 1.165) is 12.8 Å². The number of rotatable bonds is 4. The third-order valence-corrected chi connectivity index (χ3v) is 7.07. The Morgan fingerprint density at radius 3 is 2.77 bits per heavy atom. The molecule has 0 aromatic rings.